The lowest BCUT2D eigenvalue weighted by atomic mass is 10.1. The van der Waals surface area contributed by atoms with Gasteiger partial charge in [-0.3, -0.25) is 0 Å². The number of alkyl halides is 3. The molecule has 0 radical (unpaired) electrons. The first-order valence-electron chi connectivity index (χ1n) is 9.66. The third-order valence-electron chi connectivity index (χ3n) is 4.52. The first kappa shape index (κ1) is 21.2. The molecule has 0 amide bonds. The van der Waals surface area contributed by atoms with Gasteiger partial charge in [0, 0.05) is 23.9 Å². The van der Waals surface area contributed by atoms with Gasteiger partial charge < -0.3 is 10.1 Å². The zero-order valence-corrected chi connectivity index (χ0v) is 17.0. The van der Waals surface area contributed by atoms with Crippen LogP contribution in [0, 0.1) is 6.92 Å². The van der Waals surface area contributed by atoms with E-state index in [1.807, 2.05) is 13.0 Å². The minimum absolute atomic E-state index is 0.298. The van der Waals surface area contributed by atoms with Crippen molar-refractivity contribution in [1.82, 2.24) is 19.9 Å². The Morgan fingerprint density at radius 3 is 2.16 bits per heavy atom. The van der Waals surface area contributed by atoms with Crippen LogP contribution in [0.4, 0.5) is 24.7 Å². The van der Waals surface area contributed by atoms with Crippen LogP contribution in [0.15, 0.2) is 73.3 Å². The number of aryl methyl sites for hydroxylation is 1. The average Bonchev–Trinajstić information content (AvgIpc) is 2.76. The summed E-state index contributed by atoms with van der Waals surface area (Å²) in [5.41, 5.74) is 4.97. The minimum atomic E-state index is -4.73. The van der Waals surface area contributed by atoms with Crippen molar-refractivity contribution in [2.75, 3.05) is 5.32 Å². The van der Waals surface area contributed by atoms with E-state index in [4.69, 9.17) is 0 Å². The van der Waals surface area contributed by atoms with Gasteiger partial charge in [0.25, 0.3) is 0 Å². The van der Waals surface area contributed by atoms with E-state index in [2.05, 4.69) is 54.3 Å². The molecule has 0 bridgehead atoms. The highest BCUT2D eigenvalue weighted by atomic mass is 19.4. The van der Waals surface area contributed by atoms with E-state index < -0.39 is 6.36 Å². The molecule has 0 saturated heterocycles. The Balaban J connectivity index is 1.48. The Morgan fingerprint density at radius 1 is 0.812 bits per heavy atom. The molecule has 2 heterocycles. The normalized spacial score (nSPS) is 11.2. The topological polar surface area (TPSA) is 72.8 Å². The fourth-order valence-electron chi connectivity index (χ4n) is 3.00. The van der Waals surface area contributed by atoms with Crippen LogP contribution >= 0.6 is 0 Å². The van der Waals surface area contributed by atoms with Crippen LogP contribution in [0.3, 0.4) is 0 Å². The van der Waals surface area contributed by atoms with Crippen molar-refractivity contribution in [2.24, 2.45) is 0 Å². The second-order valence-corrected chi connectivity index (χ2v) is 7.04. The summed E-state index contributed by atoms with van der Waals surface area (Å²) in [6, 6.07) is 17.2. The maximum absolute atomic E-state index is 12.3. The molecular weight excluding hydrogens is 419 g/mol. The van der Waals surface area contributed by atoms with Gasteiger partial charge in [0.15, 0.2) is 0 Å². The lowest BCUT2D eigenvalue weighted by molar-refractivity contribution is -0.274. The van der Waals surface area contributed by atoms with Crippen molar-refractivity contribution >= 4 is 11.5 Å². The monoisotopic (exact) mass is 437 g/mol. The van der Waals surface area contributed by atoms with Crippen LogP contribution in [0.25, 0.3) is 11.4 Å². The molecule has 4 rings (SSSR count). The van der Waals surface area contributed by atoms with Gasteiger partial charge in [0.2, 0.25) is 0 Å². The van der Waals surface area contributed by atoms with Gasteiger partial charge in [0.05, 0.1) is 11.4 Å². The Bertz CT molecular complexity index is 1200. The molecule has 2 aromatic carbocycles. The summed E-state index contributed by atoms with van der Waals surface area (Å²) in [7, 11) is 0. The summed E-state index contributed by atoms with van der Waals surface area (Å²) in [5.74, 6) is 0.173. The molecule has 0 aliphatic carbocycles. The van der Waals surface area contributed by atoms with Crippen LogP contribution in [-0.2, 0) is 6.42 Å². The molecule has 1 N–H and O–H groups in total. The number of benzene rings is 2. The third kappa shape index (κ3) is 5.78. The largest absolute Gasteiger partial charge is 0.573 e. The zero-order chi connectivity index (χ0) is 22.6. The molecule has 0 unspecified atom stereocenters. The molecule has 0 fully saturated rings. The summed E-state index contributed by atoms with van der Waals surface area (Å²) in [6.45, 7) is 2.04. The average molecular weight is 437 g/mol. The van der Waals surface area contributed by atoms with Crippen LogP contribution in [0.5, 0.6) is 5.75 Å². The molecule has 0 aliphatic rings. The van der Waals surface area contributed by atoms with Crippen molar-refractivity contribution in [3.63, 3.8) is 0 Å². The van der Waals surface area contributed by atoms with E-state index in [9.17, 15) is 13.2 Å². The van der Waals surface area contributed by atoms with E-state index in [1.54, 1.807) is 6.07 Å². The van der Waals surface area contributed by atoms with Crippen LogP contribution < -0.4 is 10.1 Å². The second-order valence-electron chi connectivity index (χ2n) is 7.04. The summed E-state index contributed by atoms with van der Waals surface area (Å²) in [6.07, 6.45) is -1.18. The molecule has 0 spiro atoms. The molecule has 6 nitrogen and oxygen atoms in total. The van der Waals surface area contributed by atoms with Crippen LogP contribution in [0.2, 0.25) is 0 Å². The van der Waals surface area contributed by atoms with Gasteiger partial charge in [-0.1, -0.05) is 29.8 Å². The molecule has 9 heteroatoms. The first-order valence-corrected chi connectivity index (χ1v) is 9.66. The zero-order valence-electron chi connectivity index (χ0n) is 17.0. The summed E-state index contributed by atoms with van der Waals surface area (Å²) >= 11 is 0. The standard InChI is InChI=1S/C23H18F3N5O/c1-15-2-4-16(5-3-15)10-18-11-20(28-13-27-18)21-12-22(30-14-29-21)31-17-6-8-19(9-7-17)32-23(24,25)26/h2-9,11-14H,10H2,1H3,(H,29,30,31). The molecule has 0 saturated carbocycles. The summed E-state index contributed by atoms with van der Waals surface area (Å²) < 4.78 is 40.8. The molecular formula is C23H18F3N5O. The number of ether oxygens (including phenoxy) is 1. The number of halogens is 3. The SMILES string of the molecule is Cc1ccc(Cc2cc(-c3cc(Nc4ccc(OC(F)(F)F)cc4)ncn3)ncn2)cc1. The fourth-order valence-corrected chi connectivity index (χ4v) is 3.00. The van der Waals surface area contributed by atoms with Gasteiger partial charge in [-0.2, -0.15) is 0 Å². The number of anilines is 2. The molecule has 32 heavy (non-hydrogen) atoms. The van der Waals surface area contributed by atoms with Gasteiger partial charge in [-0.15, -0.1) is 13.2 Å². The molecule has 0 aliphatic heterocycles. The highest BCUT2D eigenvalue weighted by Gasteiger charge is 2.30. The third-order valence-corrected chi connectivity index (χ3v) is 4.52. The molecule has 162 valence electrons. The van der Waals surface area contributed by atoms with E-state index in [0.717, 1.165) is 11.3 Å². The van der Waals surface area contributed by atoms with Crippen molar-refractivity contribution in [2.45, 2.75) is 19.7 Å². The highest BCUT2D eigenvalue weighted by Crippen LogP contribution is 2.26. The van der Waals surface area contributed by atoms with Crippen LogP contribution in [0.1, 0.15) is 16.8 Å². The predicted octanol–water partition coefficient (Wildman–Crippen LogP) is 5.48. The smallest absolute Gasteiger partial charge is 0.406 e. The molecule has 0 atom stereocenters. The number of nitrogens with one attached hydrogen (secondary N) is 1. The number of hydrogen-bond acceptors (Lipinski definition) is 6. The van der Waals surface area contributed by atoms with Gasteiger partial charge in [-0.05, 0) is 42.8 Å². The maximum Gasteiger partial charge on any atom is 0.573 e. The summed E-state index contributed by atoms with van der Waals surface area (Å²) in [4.78, 5) is 17.1. The lowest BCUT2D eigenvalue weighted by Gasteiger charge is -2.10. The minimum Gasteiger partial charge on any atom is -0.406 e. The van der Waals surface area contributed by atoms with Crippen molar-refractivity contribution in [3.05, 3.63) is 90.1 Å². The quantitative estimate of drug-likeness (QED) is 0.431. The van der Waals surface area contributed by atoms with Crippen molar-refractivity contribution < 1.29 is 17.9 Å². The van der Waals surface area contributed by atoms with E-state index in [-0.39, 0.29) is 5.75 Å². The van der Waals surface area contributed by atoms with Gasteiger partial charge >= 0.3 is 6.36 Å². The van der Waals surface area contributed by atoms with Gasteiger partial charge in [-0.25, -0.2) is 19.9 Å². The second kappa shape index (κ2) is 9.01. The van der Waals surface area contributed by atoms with E-state index in [0.29, 0.717) is 29.3 Å². The van der Waals surface area contributed by atoms with Crippen molar-refractivity contribution in [1.29, 1.82) is 0 Å². The summed E-state index contributed by atoms with van der Waals surface area (Å²) in [5, 5.41) is 3.03. The number of hydrogen-bond donors (Lipinski definition) is 1. The molecule has 4 aromatic rings. The van der Waals surface area contributed by atoms with Gasteiger partial charge in [0.1, 0.15) is 24.2 Å². The first-order chi connectivity index (χ1) is 15.3. The number of nitrogens with zero attached hydrogens (tertiary/aromatic N) is 4. The number of aromatic nitrogens is 4. The van der Waals surface area contributed by atoms with Crippen molar-refractivity contribution in [3.8, 4) is 17.1 Å². The predicted molar refractivity (Wildman–Crippen MR) is 113 cm³/mol. The fraction of sp³-hybridized carbons (Fsp3) is 0.130. The Kier molecular flexibility index (Phi) is 5.98. The molecule has 2 aromatic heterocycles. The highest BCUT2D eigenvalue weighted by molar-refractivity contribution is 5.63. The Morgan fingerprint density at radius 2 is 1.47 bits per heavy atom. The Labute approximate surface area is 182 Å². The lowest BCUT2D eigenvalue weighted by Crippen LogP contribution is -2.16. The van der Waals surface area contributed by atoms with E-state index >= 15 is 0 Å². The Hall–Kier alpha value is -4.01. The van der Waals surface area contributed by atoms with E-state index in [1.165, 1.54) is 42.5 Å². The number of rotatable bonds is 6. The maximum atomic E-state index is 12.3. The van der Waals surface area contributed by atoms with Crippen LogP contribution in [-0.4, -0.2) is 26.3 Å².